The number of aliphatic carboxylic acids is 1. The van der Waals surface area contributed by atoms with E-state index in [-0.39, 0.29) is 6.10 Å². The Kier molecular flexibility index (Phi) is 5.15. The molecular formula is C24H40O3. The third kappa shape index (κ3) is 3.16. The van der Waals surface area contributed by atoms with Gasteiger partial charge in [0, 0.05) is 6.42 Å². The van der Waals surface area contributed by atoms with Gasteiger partial charge in [-0.1, -0.05) is 20.8 Å². The van der Waals surface area contributed by atoms with Gasteiger partial charge in [0.25, 0.3) is 0 Å². The van der Waals surface area contributed by atoms with Gasteiger partial charge in [0.15, 0.2) is 0 Å². The zero-order valence-corrected chi connectivity index (χ0v) is 17.6. The van der Waals surface area contributed by atoms with Crippen LogP contribution in [0, 0.1) is 46.3 Å². The van der Waals surface area contributed by atoms with Gasteiger partial charge in [-0.2, -0.15) is 0 Å². The van der Waals surface area contributed by atoms with E-state index >= 15 is 0 Å². The second kappa shape index (κ2) is 7.04. The highest BCUT2D eigenvalue weighted by molar-refractivity contribution is 5.66. The fraction of sp³-hybridized carbons (Fsp3) is 0.958. The smallest absolute Gasteiger partial charge is 0.303 e. The molecule has 154 valence electrons. The molecule has 4 fully saturated rings. The summed E-state index contributed by atoms with van der Waals surface area (Å²) in [5.74, 6) is 3.91. The summed E-state index contributed by atoms with van der Waals surface area (Å²) in [5, 5.41) is 19.3. The minimum Gasteiger partial charge on any atom is -0.481 e. The Hall–Kier alpha value is -0.570. The fourth-order valence-electron chi connectivity index (χ4n) is 8.76. The van der Waals surface area contributed by atoms with Crippen LogP contribution >= 0.6 is 0 Å². The SMILES string of the molecule is C[C@H](CCC(=O)O)C1CCC2[C@@H]3CC[C@@H]4C[C@H](O)CC[C@]4(C)C3CC[C@@]21C. The first-order valence-electron chi connectivity index (χ1n) is 11.7. The summed E-state index contributed by atoms with van der Waals surface area (Å²) in [6.07, 6.45) is 12.4. The largest absolute Gasteiger partial charge is 0.481 e. The monoisotopic (exact) mass is 376 g/mol. The van der Waals surface area contributed by atoms with E-state index in [9.17, 15) is 9.90 Å². The Balaban J connectivity index is 1.51. The molecule has 0 spiro atoms. The molecule has 3 unspecified atom stereocenters. The molecule has 0 radical (unpaired) electrons. The molecule has 0 aromatic rings. The molecular weight excluding hydrogens is 336 g/mol. The maximum atomic E-state index is 11.0. The van der Waals surface area contributed by atoms with Crippen LogP contribution in [0.2, 0.25) is 0 Å². The Bertz CT molecular complexity index is 574. The lowest BCUT2D eigenvalue weighted by atomic mass is 9.44. The molecule has 3 nitrogen and oxygen atoms in total. The van der Waals surface area contributed by atoms with Crippen LogP contribution in [0.5, 0.6) is 0 Å². The lowest BCUT2D eigenvalue weighted by molar-refractivity contribution is -0.138. The molecule has 4 aliphatic carbocycles. The lowest BCUT2D eigenvalue weighted by Gasteiger charge is -2.61. The van der Waals surface area contributed by atoms with Gasteiger partial charge >= 0.3 is 5.97 Å². The van der Waals surface area contributed by atoms with Crippen LogP contribution in [-0.2, 0) is 4.79 Å². The van der Waals surface area contributed by atoms with Crippen LogP contribution in [0.1, 0.15) is 91.4 Å². The molecule has 0 aromatic heterocycles. The summed E-state index contributed by atoms with van der Waals surface area (Å²) in [7, 11) is 0. The van der Waals surface area contributed by atoms with E-state index in [0.717, 1.165) is 42.9 Å². The van der Waals surface area contributed by atoms with E-state index in [2.05, 4.69) is 20.8 Å². The topological polar surface area (TPSA) is 57.5 Å². The first-order chi connectivity index (χ1) is 12.8. The van der Waals surface area contributed by atoms with Crippen LogP contribution in [0.3, 0.4) is 0 Å². The predicted molar refractivity (Wildman–Crippen MR) is 107 cm³/mol. The molecule has 0 aliphatic heterocycles. The molecule has 4 rings (SSSR count). The van der Waals surface area contributed by atoms with Gasteiger partial charge < -0.3 is 10.2 Å². The van der Waals surface area contributed by atoms with E-state index in [1.807, 2.05) is 0 Å². The molecule has 0 heterocycles. The highest BCUT2D eigenvalue weighted by atomic mass is 16.4. The number of fused-ring (bicyclic) bond motifs is 5. The third-order valence-corrected chi connectivity index (χ3v) is 10.2. The molecule has 4 saturated carbocycles. The maximum absolute atomic E-state index is 11.0. The van der Waals surface area contributed by atoms with Gasteiger partial charge in [-0.25, -0.2) is 0 Å². The minimum absolute atomic E-state index is 0.0561. The number of carbonyl (C=O) groups is 1. The molecule has 9 atom stereocenters. The normalized spacial score (nSPS) is 50.4. The van der Waals surface area contributed by atoms with E-state index in [1.165, 1.54) is 44.9 Å². The predicted octanol–water partition coefficient (Wildman–Crippen LogP) is 5.51. The second-order valence-corrected chi connectivity index (χ2v) is 11.2. The van der Waals surface area contributed by atoms with Crippen molar-refractivity contribution < 1.29 is 15.0 Å². The standard InChI is InChI=1S/C24H40O3/c1-15(4-9-22(26)27)19-7-8-20-18-6-5-16-14-17(25)10-12-23(16,2)21(18)11-13-24(19,20)3/h15-21,25H,4-14H2,1-3H3,(H,26,27)/t15-,16-,17-,18+,19?,20?,21?,23+,24-/m1/s1. The quantitative estimate of drug-likeness (QED) is 0.680. The fourth-order valence-corrected chi connectivity index (χ4v) is 8.76. The van der Waals surface area contributed by atoms with Crippen molar-refractivity contribution in [3.05, 3.63) is 0 Å². The van der Waals surface area contributed by atoms with E-state index in [4.69, 9.17) is 5.11 Å². The maximum Gasteiger partial charge on any atom is 0.303 e. The van der Waals surface area contributed by atoms with Crippen molar-refractivity contribution in [3.63, 3.8) is 0 Å². The van der Waals surface area contributed by atoms with Crippen molar-refractivity contribution in [3.8, 4) is 0 Å². The van der Waals surface area contributed by atoms with Crippen molar-refractivity contribution in [2.75, 3.05) is 0 Å². The first kappa shape index (κ1) is 19.7. The third-order valence-electron chi connectivity index (χ3n) is 10.2. The average Bonchev–Trinajstić information content (AvgIpc) is 2.97. The molecule has 2 N–H and O–H groups in total. The van der Waals surface area contributed by atoms with Crippen molar-refractivity contribution >= 4 is 5.97 Å². The highest BCUT2D eigenvalue weighted by Crippen LogP contribution is 2.68. The zero-order valence-electron chi connectivity index (χ0n) is 17.6. The van der Waals surface area contributed by atoms with Crippen molar-refractivity contribution in [1.82, 2.24) is 0 Å². The van der Waals surface area contributed by atoms with E-state index < -0.39 is 5.97 Å². The Labute approximate surface area is 165 Å². The van der Waals surface area contributed by atoms with Gasteiger partial charge in [0.2, 0.25) is 0 Å². The Morgan fingerprint density at radius 3 is 2.44 bits per heavy atom. The van der Waals surface area contributed by atoms with Crippen molar-refractivity contribution in [2.45, 2.75) is 97.5 Å². The van der Waals surface area contributed by atoms with E-state index in [1.54, 1.807) is 0 Å². The number of carboxylic acids is 1. The lowest BCUT2D eigenvalue weighted by Crippen LogP contribution is -2.54. The number of rotatable bonds is 4. The summed E-state index contributed by atoms with van der Waals surface area (Å²) >= 11 is 0. The van der Waals surface area contributed by atoms with Gasteiger partial charge in [0.05, 0.1) is 6.10 Å². The molecule has 0 aromatic carbocycles. The first-order valence-corrected chi connectivity index (χ1v) is 11.7. The molecule has 3 heteroatoms. The number of carboxylic acid groups (broad SMARTS) is 1. The van der Waals surface area contributed by atoms with Gasteiger partial charge in [-0.15, -0.1) is 0 Å². The zero-order chi connectivity index (χ0) is 19.4. The summed E-state index contributed by atoms with van der Waals surface area (Å²) < 4.78 is 0. The average molecular weight is 377 g/mol. The number of aliphatic hydroxyl groups is 1. The van der Waals surface area contributed by atoms with Gasteiger partial charge in [-0.3, -0.25) is 4.79 Å². The number of hydrogen-bond donors (Lipinski definition) is 2. The summed E-state index contributed by atoms with van der Waals surface area (Å²) in [6.45, 7) is 7.43. The van der Waals surface area contributed by atoms with Crippen molar-refractivity contribution in [2.24, 2.45) is 46.3 Å². The molecule has 0 bridgehead atoms. The molecule has 27 heavy (non-hydrogen) atoms. The molecule has 4 aliphatic rings. The Morgan fingerprint density at radius 2 is 1.70 bits per heavy atom. The van der Waals surface area contributed by atoms with Gasteiger partial charge in [0.1, 0.15) is 0 Å². The summed E-state index contributed by atoms with van der Waals surface area (Å²) in [5.41, 5.74) is 0.882. The highest BCUT2D eigenvalue weighted by Gasteiger charge is 2.60. The van der Waals surface area contributed by atoms with Crippen LogP contribution in [0.25, 0.3) is 0 Å². The van der Waals surface area contributed by atoms with Gasteiger partial charge in [-0.05, 0) is 111 Å². The van der Waals surface area contributed by atoms with E-state index in [0.29, 0.717) is 29.1 Å². The van der Waals surface area contributed by atoms with Crippen LogP contribution in [-0.4, -0.2) is 22.3 Å². The van der Waals surface area contributed by atoms with Crippen LogP contribution in [0.15, 0.2) is 0 Å². The molecule has 0 amide bonds. The number of aliphatic hydroxyl groups excluding tert-OH is 1. The minimum atomic E-state index is -0.643. The van der Waals surface area contributed by atoms with Crippen LogP contribution in [0.4, 0.5) is 0 Å². The van der Waals surface area contributed by atoms with Crippen molar-refractivity contribution in [1.29, 1.82) is 0 Å². The second-order valence-electron chi connectivity index (χ2n) is 11.2. The summed E-state index contributed by atoms with van der Waals surface area (Å²) in [4.78, 5) is 11.0. The number of hydrogen-bond acceptors (Lipinski definition) is 2. The molecule has 0 saturated heterocycles. The Morgan fingerprint density at radius 1 is 1.00 bits per heavy atom. The summed E-state index contributed by atoms with van der Waals surface area (Å²) in [6, 6.07) is 0. The van der Waals surface area contributed by atoms with Crippen LogP contribution < -0.4 is 0 Å².